The molecule has 7 heteroatoms. The van der Waals surface area contributed by atoms with Gasteiger partial charge in [-0.3, -0.25) is 0 Å². The van der Waals surface area contributed by atoms with E-state index in [-0.39, 0.29) is 12.5 Å². The summed E-state index contributed by atoms with van der Waals surface area (Å²) in [5, 5.41) is 5.38. The van der Waals surface area contributed by atoms with Gasteiger partial charge in [-0.15, -0.1) is 0 Å². The van der Waals surface area contributed by atoms with Gasteiger partial charge in [0.15, 0.2) is 0 Å². The molecule has 24 heavy (non-hydrogen) atoms. The summed E-state index contributed by atoms with van der Waals surface area (Å²) in [6, 6.07) is 4.21. The third-order valence-electron chi connectivity index (χ3n) is 3.89. The second-order valence-electron chi connectivity index (χ2n) is 5.39. The van der Waals surface area contributed by atoms with Gasteiger partial charge in [0.05, 0.1) is 21.3 Å². The van der Waals surface area contributed by atoms with Crippen molar-refractivity contribution >= 4 is 12.0 Å². The van der Waals surface area contributed by atoms with Crippen molar-refractivity contribution in [3.05, 3.63) is 23.8 Å². The minimum atomic E-state index is -0.683. The lowest BCUT2D eigenvalue weighted by Crippen LogP contribution is -2.49. The van der Waals surface area contributed by atoms with E-state index in [9.17, 15) is 9.59 Å². The van der Waals surface area contributed by atoms with E-state index in [4.69, 9.17) is 14.2 Å². The van der Waals surface area contributed by atoms with Gasteiger partial charge in [-0.1, -0.05) is 20.3 Å². The average Bonchev–Trinajstić information content (AvgIpc) is 2.62. The predicted octanol–water partition coefficient (Wildman–Crippen LogP) is 2.09. The van der Waals surface area contributed by atoms with Crippen LogP contribution in [0, 0.1) is 5.92 Å². The molecule has 1 unspecified atom stereocenters. The van der Waals surface area contributed by atoms with Crippen LogP contribution in [0.25, 0.3) is 0 Å². The lowest BCUT2D eigenvalue weighted by Gasteiger charge is -2.22. The molecule has 0 aromatic heterocycles. The van der Waals surface area contributed by atoms with Crippen LogP contribution in [0.3, 0.4) is 0 Å². The van der Waals surface area contributed by atoms with Gasteiger partial charge in [-0.05, 0) is 18.1 Å². The van der Waals surface area contributed by atoms with Crippen LogP contribution in [-0.2, 0) is 16.1 Å². The zero-order valence-electron chi connectivity index (χ0n) is 14.8. The highest BCUT2D eigenvalue weighted by Crippen LogP contribution is 2.24. The van der Waals surface area contributed by atoms with E-state index in [0.29, 0.717) is 11.5 Å². The van der Waals surface area contributed by atoms with Crippen LogP contribution in [0.5, 0.6) is 11.5 Å². The molecule has 0 saturated heterocycles. The van der Waals surface area contributed by atoms with Crippen molar-refractivity contribution in [3.63, 3.8) is 0 Å². The van der Waals surface area contributed by atoms with Crippen LogP contribution in [0.2, 0.25) is 0 Å². The molecule has 0 saturated carbocycles. The zero-order valence-corrected chi connectivity index (χ0v) is 14.8. The van der Waals surface area contributed by atoms with E-state index in [0.717, 1.165) is 12.0 Å². The molecule has 1 aromatic carbocycles. The number of esters is 1. The lowest BCUT2D eigenvalue weighted by atomic mass is 9.99. The Morgan fingerprint density at radius 3 is 2.42 bits per heavy atom. The fourth-order valence-corrected chi connectivity index (χ4v) is 2.16. The number of carbonyl (C=O) groups is 2. The number of ether oxygens (including phenoxy) is 3. The quantitative estimate of drug-likeness (QED) is 0.709. The van der Waals surface area contributed by atoms with E-state index < -0.39 is 18.0 Å². The maximum Gasteiger partial charge on any atom is 0.328 e. The second kappa shape index (κ2) is 9.64. The zero-order chi connectivity index (χ0) is 18.1. The summed E-state index contributed by atoms with van der Waals surface area (Å²) in [6.07, 6.45) is 0.742. The molecule has 0 fully saturated rings. The van der Waals surface area contributed by atoms with Crippen LogP contribution in [0.1, 0.15) is 25.8 Å². The maximum absolute atomic E-state index is 12.1. The third kappa shape index (κ3) is 5.33. The van der Waals surface area contributed by atoms with Crippen LogP contribution in [0.15, 0.2) is 18.2 Å². The highest BCUT2D eigenvalue weighted by molar-refractivity contribution is 5.83. The molecule has 0 aliphatic heterocycles. The van der Waals surface area contributed by atoms with Gasteiger partial charge < -0.3 is 24.8 Å². The van der Waals surface area contributed by atoms with Crippen molar-refractivity contribution in [2.75, 3.05) is 21.3 Å². The number of amides is 2. The standard InChI is InChI=1S/C17H26N2O5/c1-6-11(2)15(16(20)24-5)19-17(21)18-10-12-7-8-13(22-3)9-14(12)23-4/h7-9,11,15H,6,10H2,1-5H3,(H2,18,19,21)/t11?,15-/m0/s1. The number of hydrogen-bond donors (Lipinski definition) is 2. The number of carbonyl (C=O) groups excluding carboxylic acids is 2. The summed E-state index contributed by atoms with van der Waals surface area (Å²) >= 11 is 0. The Hall–Kier alpha value is -2.44. The summed E-state index contributed by atoms with van der Waals surface area (Å²) < 4.78 is 15.2. The molecule has 0 spiro atoms. The Labute approximate surface area is 142 Å². The Morgan fingerprint density at radius 2 is 1.88 bits per heavy atom. The first kappa shape index (κ1) is 19.6. The third-order valence-corrected chi connectivity index (χ3v) is 3.89. The number of benzene rings is 1. The number of nitrogens with one attached hydrogen (secondary N) is 2. The van der Waals surface area contributed by atoms with E-state index in [2.05, 4.69) is 10.6 Å². The fraction of sp³-hybridized carbons (Fsp3) is 0.529. The molecule has 1 rings (SSSR count). The van der Waals surface area contributed by atoms with E-state index in [1.54, 1.807) is 26.4 Å². The largest absolute Gasteiger partial charge is 0.497 e. The number of hydrogen-bond acceptors (Lipinski definition) is 5. The van der Waals surface area contributed by atoms with Crippen LogP contribution >= 0.6 is 0 Å². The minimum absolute atomic E-state index is 0.0290. The van der Waals surface area contributed by atoms with Gasteiger partial charge in [0.2, 0.25) is 0 Å². The van der Waals surface area contributed by atoms with Gasteiger partial charge in [0.1, 0.15) is 17.5 Å². The van der Waals surface area contributed by atoms with Crippen LogP contribution < -0.4 is 20.1 Å². The Morgan fingerprint density at radius 1 is 1.17 bits per heavy atom. The molecule has 2 N–H and O–H groups in total. The van der Waals surface area contributed by atoms with Crippen molar-refractivity contribution in [1.82, 2.24) is 10.6 Å². The lowest BCUT2D eigenvalue weighted by molar-refractivity contribution is -0.144. The summed E-state index contributed by atoms with van der Waals surface area (Å²) in [5.74, 6) is 0.795. The van der Waals surface area contributed by atoms with Gasteiger partial charge in [-0.2, -0.15) is 0 Å². The molecule has 0 bridgehead atoms. The molecule has 134 valence electrons. The number of urea groups is 1. The van der Waals surface area contributed by atoms with Gasteiger partial charge in [0.25, 0.3) is 0 Å². The fourth-order valence-electron chi connectivity index (χ4n) is 2.16. The Balaban J connectivity index is 2.69. The van der Waals surface area contributed by atoms with Gasteiger partial charge >= 0.3 is 12.0 Å². The number of methoxy groups -OCH3 is 3. The summed E-state index contributed by atoms with van der Waals surface area (Å²) in [7, 11) is 4.43. The minimum Gasteiger partial charge on any atom is -0.497 e. The molecule has 1 aromatic rings. The number of rotatable bonds is 8. The first-order chi connectivity index (χ1) is 11.5. The summed E-state index contributed by atoms with van der Waals surface area (Å²) in [4.78, 5) is 23.9. The van der Waals surface area contributed by atoms with Gasteiger partial charge in [-0.25, -0.2) is 9.59 Å². The predicted molar refractivity (Wildman–Crippen MR) is 90.2 cm³/mol. The van der Waals surface area contributed by atoms with Crippen LogP contribution in [0.4, 0.5) is 4.79 Å². The molecule has 0 radical (unpaired) electrons. The summed E-state index contributed by atoms with van der Waals surface area (Å²) in [6.45, 7) is 4.09. The molecule has 2 atom stereocenters. The first-order valence-corrected chi connectivity index (χ1v) is 7.79. The highest BCUT2D eigenvalue weighted by Gasteiger charge is 2.26. The molecule has 7 nitrogen and oxygen atoms in total. The first-order valence-electron chi connectivity index (χ1n) is 7.79. The molecule has 2 amide bonds. The Bertz CT molecular complexity index is 562. The van der Waals surface area contributed by atoms with Crippen molar-refractivity contribution in [1.29, 1.82) is 0 Å². The van der Waals surface area contributed by atoms with Crippen molar-refractivity contribution < 1.29 is 23.8 Å². The molecular weight excluding hydrogens is 312 g/mol. The normalized spacial score (nSPS) is 12.7. The smallest absolute Gasteiger partial charge is 0.328 e. The van der Waals surface area contributed by atoms with Gasteiger partial charge in [0, 0.05) is 18.2 Å². The van der Waals surface area contributed by atoms with Crippen molar-refractivity contribution in [3.8, 4) is 11.5 Å². The summed E-state index contributed by atoms with van der Waals surface area (Å²) in [5.41, 5.74) is 0.798. The highest BCUT2D eigenvalue weighted by atomic mass is 16.5. The van der Waals surface area contributed by atoms with Crippen LogP contribution in [-0.4, -0.2) is 39.4 Å². The average molecular weight is 338 g/mol. The van der Waals surface area contributed by atoms with E-state index >= 15 is 0 Å². The van der Waals surface area contributed by atoms with Crippen molar-refractivity contribution in [2.45, 2.75) is 32.9 Å². The van der Waals surface area contributed by atoms with E-state index in [1.165, 1.54) is 7.11 Å². The molecule has 0 aliphatic rings. The maximum atomic E-state index is 12.1. The van der Waals surface area contributed by atoms with E-state index in [1.807, 2.05) is 19.9 Å². The molecule has 0 aliphatic carbocycles. The monoisotopic (exact) mass is 338 g/mol. The second-order valence-corrected chi connectivity index (χ2v) is 5.39. The molecule has 0 heterocycles. The Kier molecular flexibility index (Phi) is 7.88. The van der Waals surface area contributed by atoms with Crippen molar-refractivity contribution in [2.24, 2.45) is 5.92 Å². The SMILES string of the molecule is CCC(C)[C@H](NC(=O)NCc1ccc(OC)cc1OC)C(=O)OC. The molecular formula is C17H26N2O5. The topological polar surface area (TPSA) is 85.9 Å².